The van der Waals surface area contributed by atoms with Crippen LogP contribution in [0.2, 0.25) is 0 Å². The normalized spacial score (nSPS) is 16.5. The van der Waals surface area contributed by atoms with Crippen molar-refractivity contribution in [1.82, 2.24) is 5.32 Å². The van der Waals surface area contributed by atoms with Gasteiger partial charge in [-0.3, -0.25) is 4.79 Å². The summed E-state index contributed by atoms with van der Waals surface area (Å²) in [7, 11) is 0. The van der Waals surface area contributed by atoms with E-state index in [4.69, 9.17) is 0 Å². The van der Waals surface area contributed by atoms with Crippen molar-refractivity contribution in [3.05, 3.63) is 65.5 Å². The summed E-state index contributed by atoms with van der Waals surface area (Å²) in [6, 6.07) is 10.6. The minimum atomic E-state index is -4.79. The number of carbonyl (C=O) groups excluding carboxylic acids is 1. The first-order valence-corrected chi connectivity index (χ1v) is 8.28. The van der Waals surface area contributed by atoms with Gasteiger partial charge in [0.25, 0.3) is 0 Å². The minimum absolute atomic E-state index is 0.244. The zero-order valence-electron chi connectivity index (χ0n) is 14.1. The van der Waals surface area contributed by atoms with Crippen LogP contribution in [0, 0.1) is 5.82 Å². The second kappa shape index (κ2) is 7.19. The predicted octanol–water partition coefficient (Wildman–Crippen LogP) is 3.95. The Morgan fingerprint density at radius 3 is 2.44 bits per heavy atom. The van der Waals surface area contributed by atoms with Crippen LogP contribution in [0.3, 0.4) is 0 Å². The number of amides is 1. The molecule has 8 heteroatoms. The molecule has 0 saturated heterocycles. The topological polar surface area (TPSA) is 58.6 Å². The van der Waals surface area contributed by atoms with E-state index >= 15 is 0 Å². The Balaban J connectivity index is 1.65. The van der Waals surface area contributed by atoms with E-state index in [1.807, 2.05) is 0 Å². The van der Waals surface area contributed by atoms with Crippen molar-refractivity contribution in [2.24, 2.45) is 0 Å². The van der Waals surface area contributed by atoms with Crippen molar-refractivity contribution in [3.8, 4) is 5.75 Å². The van der Waals surface area contributed by atoms with E-state index in [0.717, 1.165) is 0 Å². The molecule has 4 nitrogen and oxygen atoms in total. The molecular formula is C19H17F4NO3. The van der Waals surface area contributed by atoms with Gasteiger partial charge in [-0.2, -0.15) is 0 Å². The lowest BCUT2D eigenvalue weighted by Gasteiger charge is -2.20. The van der Waals surface area contributed by atoms with Gasteiger partial charge in [0.05, 0.1) is 18.1 Å². The molecule has 1 fully saturated rings. The van der Waals surface area contributed by atoms with Gasteiger partial charge in [0.1, 0.15) is 11.6 Å². The Bertz CT molecular complexity index is 816. The van der Waals surface area contributed by atoms with Gasteiger partial charge in [-0.25, -0.2) is 4.39 Å². The van der Waals surface area contributed by atoms with Crippen LogP contribution in [0.5, 0.6) is 5.75 Å². The number of carbonyl (C=O) groups is 1. The van der Waals surface area contributed by atoms with Crippen LogP contribution in [0.15, 0.2) is 48.5 Å². The first-order valence-electron chi connectivity index (χ1n) is 8.28. The highest BCUT2D eigenvalue weighted by Gasteiger charge is 2.46. The summed E-state index contributed by atoms with van der Waals surface area (Å²) >= 11 is 0. The molecule has 0 aliphatic heterocycles. The fourth-order valence-electron chi connectivity index (χ4n) is 2.90. The maximum atomic E-state index is 12.9. The van der Waals surface area contributed by atoms with E-state index in [-0.39, 0.29) is 12.2 Å². The van der Waals surface area contributed by atoms with Crippen molar-refractivity contribution >= 4 is 5.91 Å². The molecule has 144 valence electrons. The fraction of sp³-hybridized carbons (Fsp3) is 0.316. The average Bonchev–Trinajstić information content (AvgIpc) is 3.34. The second-order valence-corrected chi connectivity index (χ2v) is 6.48. The van der Waals surface area contributed by atoms with Gasteiger partial charge in [0.2, 0.25) is 5.91 Å². The molecule has 1 saturated carbocycles. The molecule has 0 spiro atoms. The van der Waals surface area contributed by atoms with E-state index in [1.165, 1.54) is 42.5 Å². The van der Waals surface area contributed by atoms with Crippen LogP contribution >= 0.6 is 0 Å². The summed E-state index contributed by atoms with van der Waals surface area (Å²) in [6.45, 7) is 0. The maximum absolute atomic E-state index is 12.9. The van der Waals surface area contributed by atoms with Gasteiger partial charge < -0.3 is 15.2 Å². The third-order valence-corrected chi connectivity index (χ3v) is 4.38. The summed E-state index contributed by atoms with van der Waals surface area (Å²) < 4.78 is 54.0. The highest BCUT2D eigenvalue weighted by molar-refractivity contribution is 5.78. The smallest absolute Gasteiger partial charge is 0.406 e. The van der Waals surface area contributed by atoms with Gasteiger partial charge in [-0.05, 0) is 48.2 Å². The number of aliphatic hydroxyl groups is 1. The number of nitrogens with one attached hydrogen (secondary N) is 1. The van der Waals surface area contributed by atoms with Crippen molar-refractivity contribution in [3.63, 3.8) is 0 Å². The van der Waals surface area contributed by atoms with Gasteiger partial charge in [-0.15, -0.1) is 13.2 Å². The summed E-state index contributed by atoms with van der Waals surface area (Å²) in [5.74, 6) is -1.26. The Kier molecular flexibility index (Phi) is 5.10. The maximum Gasteiger partial charge on any atom is 0.573 e. The number of aliphatic hydroxyl groups excluding tert-OH is 1. The molecular weight excluding hydrogens is 366 g/mol. The Morgan fingerprint density at radius 1 is 1.19 bits per heavy atom. The van der Waals surface area contributed by atoms with Crippen molar-refractivity contribution in [2.75, 3.05) is 0 Å². The third kappa shape index (κ3) is 4.97. The summed E-state index contributed by atoms with van der Waals surface area (Å²) in [4.78, 5) is 12.3. The monoisotopic (exact) mass is 383 g/mol. The van der Waals surface area contributed by atoms with Crippen LogP contribution in [-0.4, -0.2) is 17.4 Å². The molecule has 0 unspecified atom stereocenters. The van der Waals surface area contributed by atoms with E-state index in [9.17, 15) is 27.5 Å². The standard InChI is InChI=1S/C19H17F4NO3/c20-14-6-4-12(5-7-14)16(25)11-17(26)24-18(8-9-18)13-2-1-3-15(10-13)27-19(21,22)23/h1-7,10,16,25H,8-9,11H2,(H,24,26)/t16-/m0/s1. The molecule has 2 aromatic carbocycles. The van der Waals surface area contributed by atoms with Gasteiger partial charge in [0.15, 0.2) is 0 Å². The molecule has 1 atom stereocenters. The lowest BCUT2D eigenvalue weighted by atomic mass is 10.0. The van der Waals surface area contributed by atoms with Gasteiger partial charge in [0, 0.05) is 0 Å². The van der Waals surface area contributed by atoms with Crippen molar-refractivity contribution in [2.45, 2.75) is 37.3 Å². The summed E-state index contributed by atoms with van der Waals surface area (Å²) in [5.41, 5.74) is 0.149. The molecule has 1 aliphatic rings. The SMILES string of the molecule is O=C(C[C@H](O)c1ccc(F)cc1)NC1(c2cccc(OC(F)(F)F)c2)CC1. The summed E-state index contributed by atoms with van der Waals surface area (Å²) in [5, 5.41) is 12.9. The molecule has 1 amide bonds. The summed E-state index contributed by atoms with van der Waals surface area (Å²) in [6.07, 6.45) is -5.01. The molecule has 2 aromatic rings. The number of ether oxygens (including phenoxy) is 1. The van der Waals surface area contributed by atoms with Crippen LogP contribution < -0.4 is 10.1 Å². The Hall–Kier alpha value is -2.61. The Morgan fingerprint density at radius 2 is 1.85 bits per heavy atom. The number of alkyl halides is 3. The Labute approximate surface area is 152 Å². The van der Waals surface area contributed by atoms with E-state index in [0.29, 0.717) is 24.0 Å². The molecule has 1 aliphatic carbocycles. The molecule has 27 heavy (non-hydrogen) atoms. The molecule has 0 heterocycles. The molecule has 0 radical (unpaired) electrons. The van der Waals surface area contributed by atoms with E-state index < -0.39 is 29.7 Å². The number of benzene rings is 2. The highest BCUT2D eigenvalue weighted by Crippen LogP contribution is 2.46. The first-order chi connectivity index (χ1) is 12.7. The third-order valence-electron chi connectivity index (χ3n) is 4.38. The minimum Gasteiger partial charge on any atom is -0.406 e. The number of hydrogen-bond acceptors (Lipinski definition) is 3. The number of hydrogen-bond donors (Lipinski definition) is 2. The van der Waals surface area contributed by atoms with Crippen molar-refractivity contribution in [1.29, 1.82) is 0 Å². The lowest BCUT2D eigenvalue weighted by molar-refractivity contribution is -0.274. The quantitative estimate of drug-likeness (QED) is 0.743. The largest absolute Gasteiger partial charge is 0.573 e. The molecule has 0 bridgehead atoms. The predicted molar refractivity (Wildman–Crippen MR) is 88.2 cm³/mol. The second-order valence-electron chi connectivity index (χ2n) is 6.48. The van der Waals surface area contributed by atoms with Crippen LogP contribution in [0.25, 0.3) is 0 Å². The number of halogens is 4. The molecule has 3 rings (SSSR count). The van der Waals surface area contributed by atoms with Crippen molar-refractivity contribution < 1.29 is 32.2 Å². The zero-order valence-corrected chi connectivity index (χ0v) is 14.1. The van der Waals surface area contributed by atoms with Crippen LogP contribution in [0.1, 0.15) is 36.5 Å². The van der Waals surface area contributed by atoms with Crippen LogP contribution in [-0.2, 0) is 10.3 Å². The zero-order chi connectivity index (χ0) is 19.7. The van der Waals surface area contributed by atoms with Gasteiger partial charge in [-0.1, -0.05) is 24.3 Å². The molecule has 2 N–H and O–H groups in total. The van der Waals surface area contributed by atoms with E-state index in [1.54, 1.807) is 6.07 Å². The van der Waals surface area contributed by atoms with E-state index in [2.05, 4.69) is 10.1 Å². The number of rotatable bonds is 6. The lowest BCUT2D eigenvalue weighted by Crippen LogP contribution is -2.35. The van der Waals surface area contributed by atoms with Gasteiger partial charge >= 0.3 is 6.36 Å². The highest BCUT2D eigenvalue weighted by atomic mass is 19.4. The first kappa shape index (κ1) is 19.2. The van der Waals surface area contributed by atoms with Crippen LogP contribution in [0.4, 0.5) is 17.6 Å². The molecule has 0 aromatic heterocycles. The average molecular weight is 383 g/mol. The fourth-order valence-corrected chi connectivity index (χ4v) is 2.90.